The molecule has 0 saturated carbocycles. The van der Waals surface area contributed by atoms with Gasteiger partial charge in [-0.25, -0.2) is 15.0 Å². The van der Waals surface area contributed by atoms with Crippen LogP contribution in [0.25, 0.3) is 111 Å². The molecule has 256 valence electrons. The van der Waals surface area contributed by atoms with E-state index in [1.165, 1.54) is 32.3 Å². The van der Waals surface area contributed by atoms with E-state index in [9.17, 15) is 0 Å². The summed E-state index contributed by atoms with van der Waals surface area (Å²) in [7, 11) is 0. The van der Waals surface area contributed by atoms with Crippen molar-refractivity contribution >= 4 is 76.6 Å². The largest absolute Gasteiger partial charge is 0.436 e. The van der Waals surface area contributed by atoms with Crippen LogP contribution in [-0.2, 0) is 0 Å². The maximum atomic E-state index is 6.30. The van der Waals surface area contributed by atoms with E-state index in [1.807, 2.05) is 30.5 Å². The molecule has 0 radical (unpaired) electrons. The molecule has 7 aromatic carbocycles. The zero-order chi connectivity index (χ0) is 36.0. The summed E-state index contributed by atoms with van der Waals surface area (Å²) in [6.45, 7) is 0. The Labute approximate surface area is 314 Å². The Morgan fingerprint density at radius 2 is 1.04 bits per heavy atom. The van der Waals surface area contributed by atoms with Crippen molar-refractivity contribution in [3.63, 3.8) is 0 Å². The first-order valence-electron chi connectivity index (χ1n) is 18.4. The van der Waals surface area contributed by atoms with E-state index in [-0.39, 0.29) is 0 Å². The Hall–Kier alpha value is -7.57. The van der Waals surface area contributed by atoms with Crippen molar-refractivity contribution in [2.45, 2.75) is 0 Å². The Bertz CT molecular complexity index is 3480. The standard InChI is InChI=1S/C49H29N5O/c1-2-14-34(15-3-1)53-40-19-9-6-16-35(40)37-24-22-32(28-42(37)53)46-47(52-49-48(51-46)38-18-8-11-21-44(38)55-49)33-23-25-45(50-29-33)54-41-20-10-7-17-36(41)39-26-30-12-4-5-13-31(30)27-43(39)54/h1-29H. The third-order valence-electron chi connectivity index (χ3n) is 11.0. The second kappa shape index (κ2) is 11.5. The molecule has 0 N–H and O–H groups in total. The Balaban J connectivity index is 1.08. The fraction of sp³-hybridized carbons (Fsp3) is 0. The number of rotatable bonds is 4. The van der Waals surface area contributed by atoms with Gasteiger partial charge in [0.15, 0.2) is 0 Å². The lowest BCUT2D eigenvalue weighted by molar-refractivity contribution is 0.653. The van der Waals surface area contributed by atoms with Crippen LogP contribution in [0.2, 0.25) is 0 Å². The zero-order valence-electron chi connectivity index (χ0n) is 29.4. The fourth-order valence-corrected chi connectivity index (χ4v) is 8.46. The maximum Gasteiger partial charge on any atom is 0.246 e. The van der Waals surface area contributed by atoms with Gasteiger partial charge in [-0.2, -0.15) is 0 Å². The Morgan fingerprint density at radius 3 is 1.84 bits per heavy atom. The van der Waals surface area contributed by atoms with Crippen LogP contribution in [0.1, 0.15) is 0 Å². The van der Waals surface area contributed by atoms with Crippen molar-refractivity contribution in [2.75, 3.05) is 0 Å². The number of aromatic nitrogens is 5. The van der Waals surface area contributed by atoms with Crippen LogP contribution in [-0.4, -0.2) is 24.1 Å². The minimum atomic E-state index is 0.498. The summed E-state index contributed by atoms with van der Waals surface area (Å²) < 4.78 is 10.9. The molecule has 6 heteroatoms. The molecule has 0 aliphatic rings. The van der Waals surface area contributed by atoms with E-state index in [4.69, 9.17) is 19.4 Å². The van der Waals surface area contributed by atoms with E-state index in [0.29, 0.717) is 11.4 Å². The molecule has 0 saturated heterocycles. The highest BCUT2D eigenvalue weighted by molar-refractivity contribution is 6.14. The molecule has 12 rings (SSSR count). The summed E-state index contributed by atoms with van der Waals surface area (Å²) in [5.74, 6) is 0.832. The highest BCUT2D eigenvalue weighted by Crippen LogP contribution is 2.40. The molecule has 0 fully saturated rings. The summed E-state index contributed by atoms with van der Waals surface area (Å²) in [5.41, 5.74) is 10.9. The molecule has 0 bridgehead atoms. The highest BCUT2D eigenvalue weighted by atomic mass is 16.3. The van der Waals surface area contributed by atoms with Crippen LogP contribution in [0.4, 0.5) is 0 Å². The molecule has 0 spiro atoms. The van der Waals surface area contributed by atoms with E-state index < -0.39 is 0 Å². The quantitative estimate of drug-likeness (QED) is 0.183. The van der Waals surface area contributed by atoms with E-state index in [2.05, 4.69) is 155 Å². The number of fused-ring (bicyclic) bond motifs is 10. The number of para-hydroxylation sites is 4. The van der Waals surface area contributed by atoms with Gasteiger partial charge in [0.05, 0.1) is 27.8 Å². The van der Waals surface area contributed by atoms with Crippen LogP contribution in [0.15, 0.2) is 180 Å². The highest BCUT2D eigenvalue weighted by Gasteiger charge is 2.21. The molecule has 0 aliphatic carbocycles. The average Bonchev–Trinajstić information content (AvgIpc) is 3.89. The SMILES string of the molecule is c1ccc(-n2c3ccccc3c3ccc(-c4nc5c(nc4-c4ccc(-n6c7ccccc7c7cc8ccccc8cc76)nc4)oc4ccccc45)cc32)cc1. The van der Waals surface area contributed by atoms with Crippen molar-refractivity contribution in [1.82, 2.24) is 24.1 Å². The summed E-state index contributed by atoms with van der Waals surface area (Å²) in [4.78, 5) is 15.7. The minimum absolute atomic E-state index is 0.498. The molecular weight excluding hydrogens is 675 g/mol. The molecular formula is C49H29N5O. The monoisotopic (exact) mass is 703 g/mol. The van der Waals surface area contributed by atoms with E-state index >= 15 is 0 Å². The molecule has 5 aromatic heterocycles. The minimum Gasteiger partial charge on any atom is -0.436 e. The average molecular weight is 704 g/mol. The van der Waals surface area contributed by atoms with Gasteiger partial charge in [0.2, 0.25) is 5.71 Å². The van der Waals surface area contributed by atoms with Gasteiger partial charge in [0, 0.05) is 49.9 Å². The van der Waals surface area contributed by atoms with Crippen molar-refractivity contribution in [3.8, 4) is 34.0 Å². The van der Waals surface area contributed by atoms with Crippen LogP contribution in [0.3, 0.4) is 0 Å². The first-order chi connectivity index (χ1) is 27.3. The molecule has 0 atom stereocenters. The van der Waals surface area contributed by atoms with Gasteiger partial charge >= 0.3 is 0 Å². The summed E-state index contributed by atoms with van der Waals surface area (Å²) >= 11 is 0. The van der Waals surface area contributed by atoms with Crippen molar-refractivity contribution < 1.29 is 4.42 Å². The van der Waals surface area contributed by atoms with Gasteiger partial charge in [-0.1, -0.05) is 103 Å². The molecule has 55 heavy (non-hydrogen) atoms. The van der Waals surface area contributed by atoms with Gasteiger partial charge in [0.1, 0.15) is 22.6 Å². The third-order valence-corrected chi connectivity index (χ3v) is 11.0. The lowest BCUT2D eigenvalue weighted by atomic mass is 10.0. The van der Waals surface area contributed by atoms with Crippen molar-refractivity contribution in [3.05, 3.63) is 176 Å². The number of furan rings is 1. The number of benzene rings is 7. The van der Waals surface area contributed by atoms with E-state index in [0.717, 1.165) is 66.9 Å². The van der Waals surface area contributed by atoms with Gasteiger partial charge < -0.3 is 8.98 Å². The zero-order valence-corrected chi connectivity index (χ0v) is 29.4. The van der Waals surface area contributed by atoms with Gasteiger partial charge in [-0.05, 0) is 77.5 Å². The first kappa shape index (κ1) is 29.9. The number of hydrogen-bond acceptors (Lipinski definition) is 4. The Kier molecular flexibility index (Phi) is 6.24. The summed E-state index contributed by atoms with van der Waals surface area (Å²) in [6.07, 6.45) is 1.92. The topological polar surface area (TPSA) is 61.7 Å². The van der Waals surface area contributed by atoms with E-state index in [1.54, 1.807) is 0 Å². The van der Waals surface area contributed by atoms with Gasteiger partial charge in [-0.3, -0.25) is 4.57 Å². The molecule has 12 aromatic rings. The van der Waals surface area contributed by atoms with Gasteiger partial charge in [0.25, 0.3) is 0 Å². The number of nitrogens with zero attached hydrogens (tertiary/aromatic N) is 5. The van der Waals surface area contributed by atoms with Crippen molar-refractivity contribution in [2.24, 2.45) is 0 Å². The predicted octanol–water partition coefficient (Wildman–Crippen LogP) is 12.5. The second-order valence-electron chi connectivity index (χ2n) is 14.1. The van der Waals surface area contributed by atoms with Crippen LogP contribution in [0, 0.1) is 0 Å². The predicted molar refractivity (Wildman–Crippen MR) is 224 cm³/mol. The lowest BCUT2D eigenvalue weighted by Gasteiger charge is -2.12. The summed E-state index contributed by atoms with van der Waals surface area (Å²) in [6, 6.07) is 59.5. The lowest BCUT2D eigenvalue weighted by Crippen LogP contribution is -1.99. The number of pyridine rings is 1. The Morgan fingerprint density at radius 1 is 0.418 bits per heavy atom. The molecule has 6 nitrogen and oxygen atoms in total. The fourth-order valence-electron chi connectivity index (χ4n) is 8.46. The molecule has 0 unspecified atom stereocenters. The third kappa shape index (κ3) is 4.46. The molecule has 0 amide bonds. The summed E-state index contributed by atoms with van der Waals surface area (Å²) in [5, 5.41) is 8.12. The van der Waals surface area contributed by atoms with Crippen LogP contribution >= 0.6 is 0 Å². The normalized spacial score (nSPS) is 12.0. The van der Waals surface area contributed by atoms with Crippen molar-refractivity contribution in [1.29, 1.82) is 0 Å². The smallest absolute Gasteiger partial charge is 0.246 e. The first-order valence-corrected chi connectivity index (χ1v) is 18.4. The maximum absolute atomic E-state index is 6.30. The van der Waals surface area contributed by atoms with Gasteiger partial charge in [-0.15, -0.1) is 0 Å². The van der Waals surface area contributed by atoms with Crippen LogP contribution < -0.4 is 0 Å². The number of hydrogen-bond donors (Lipinski definition) is 0. The van der Waals surface area contributed by atoms with Crippen LogP contribution in [0.5, 0.6) is 0 Å². The molecule has 0 aliphatic heterocycles. The molecule has 5 heterocycles. The second-order valence-corrected chi connectivity index (χ2v) is 14.1.